The van der Waals surface area contributed by atoms with E-state index in [-0.39, 0.29) is 6.42 Å². The van der Waals surface area contributed by atoms with Crippen LogP contribution in [0.2, 0.25) is 0 Å². The van der Waals surface area contributed by atoms with Crippen LogP contribution in [0.4, 0.5) is 0 Å². The summed E-state index contributed by atoms with van der Waals surface area (Å²) in [5.41, 5.74) is 0.193. The second kappa shape index (κ2) is 4.55. The van der Waals surface area contributed by atoms with E-state index in [2.05, 4.69) is 15.4 Å². The first-order valence-corrected chi connectivity index (χ1v) is 5.47. The predicted molar refractivity (Wildman–Crippen MR) is 63.2 cm³/mol. The lowest BCUT2D eigenvalue weighted by Gasteiger charge is -2.22. The van der Waals surface area contributed by atoms with E-state index in [1.54, 1.807) is 38.2 Å². The maximum atomic E-state index is 10.4. The number of hydrogen-bond donors (Lipinski definition) is 1. The molecule has 6 heteroatoms. The number of benzene rings is 1. The molecule has 0 aliphatic rings. The Labute approximate surface area is 104 Å². The van der Waals surface area contributed by atoms with Crippen LogP contribution in [0, 0.1) is 11.3 Å². The van der Waals surface area contributed by atoms with Gasteiger partial charge >= 0.3 is 0 Å². The van der Waals surface area contributed by atoms with Gasteiger partial charge in [-0.25, -0.2) is 0 Å². The Morgan fingerprint density at radius 2 is 2.06 bits per heavy atom. The fourth-order valence-corrected chi connectivity index (χ4v) is 1.71. The summed E-state index contributed by atoms with van der Waals surface area (Å²) in [5.74, 6) is 0.479. The van der Waals surface area contributed by atoms with Crippen molar-refractivity contribution in [3.63, 3.8) is 0 Å². The van der Waals surface area contributed by atoms with Gasteiger partial charge in [0.2, 0.25) is 0 Å². The van der Waals surface area contributed by atoms with Gasteiger partial charge < -0.3 is 5.11 Å². The van der Waals surface area contributed by atoms with Crippen LogP contribution in [0.25, 0.3) is 0 Å². The molecule has 2 rings (SSSR count). The molecule has 0 bridgehead atoms. The molecule has 1 N–H and O–H groups in total. The third-order valence-electron chi connectivity index (χ3n) is 2.69. The van der Waals surface area contributed by atoms with E-state index in [9.17, 15) is 5.11 Å². The third-order valence-corrected chi connectivity index (χ3v) is 2.69. The van der Waals surface area contributed by atoms with Crippen molar-refractivity contribution in [2.24, 2.45) is 7.05 Å². The lowest BCUT2D eigenvalue weighted by molar-refractivity contribution is 0.0554. The number of rotatable bonds is 3. The van der Waals surface area contributed by atoms with Crippen molar-refractivity contribution in [2.45, 2.75) is 18.9 Å². The molecule has 1 aromatic heterocycles. The maximum Gasteiger partial charge on any atom is 0.178 e. The summed E-state index contributed by atoms with van der Waals surface area (Å²) in [6.07, 6.45) is 0.271. The first kappa shape index (κ1) is 12.2. The molecule has 92 valence electrons. The molecular weight excluding hydrogens is 230 g/mol. The lowest BCUT2D eigenvalue weighted by atomic mass is 9.92. The number of aryl methyl sites for hydroxylation is 1. The summed E-state index contributed by atoms with van der Waals surface area (Å²) in [4.78, 5) is 1.35. The van der Waals surface area contributed by atoms with Gasteiger partial charge in [-0.05, 0) is 29.8 Å². The highest BCUT2D eigenvalue weighted by Crippen LogP contribution is 2.24. The van der Waals surface area contributed by atoms with Gasteiger partial charge in [-0.1, -0.05) is 12.1 Å². The summed E-state index contributed by atoms with van der Waals surface area (Å²) in [7, 11) is 1.67. The van der Waals surface area contributed by atoms with E-state index in [4.69, 9.17) is 5.26 Å². The monoisotopic (exact) mass is 243 g/mol. The zero-order valence-electron chi connectivity index (χ0n) is 10.2. The Morgan fingerprint density at radius 3 is 2.56 bits per heavy atom. The minimum atomic E-state index is -1.09. The van der Waals surface area contributed by atoms with Gasteiger partial charge in [0.15, 0.2) is 5.82 Å². The zero-order valence-corrected chi connectivity index (χ0v) is 10.2. The number of aliphatic hydroxyl groups is 1. The lowest BCUT2D eigenvalue weighted by Crippen LogP contribution is -2.25. The predicted octanol–water partition coefficient (Wildman–Crippen LogP) is 0.532. The van der Waals surface area contributed by atoms with Gasteiger partial charge in [-0.15, -0.1) is 10.2 Å². The molecule has 2 aromatic rings. The SMILES string of the molecule is Cn1nnc(CC(C)(O)c2ccc(C#N)cc2)n1. The number of tetrazole rings is 1. The molecule has 0 amide bonds. The van der Waals surface area contributed by atoms with Crippen molar-refractivity contribution < 1.29 is 5.11 Å². The standard InChI is InChI=1S/C12H13N5O/c1-12(18,7-11-14-16-17(2)15-11)10-5-3-9(8-13)4-6-10/h3-6,18H,7H2,1-2H3. The first-order valence-electron chi connectivity index (χ1n) is 5.47. The number of nitriles is 1. The first-order chi connectivity index (χ1) is 8.51. The molecule has 0 saturated heterocycles. The second-order valence-corrected chi connectivity index (χ2v) is 4.33. The van der Waals surface area contributed by atoms with Crippen LogP contribution < -0.4 is 0 Å². The quantitative estimate of drug-likeness (QED) is 0.849. The summed E-state index contributed by atoms with van der Waals surface area (Å²) >= 11 is 0. The van der Waals surface area contributed by atoms with Crippen LogP contribution >= 0.6 is 0 Å². The van der Waals surface area contributed by atoms with Crippen molar-refractivity contribution in [3.05, 3.63) is 41.2 Å². The highest BCUT2D eigenvalue weighted by molar-refractivity contribution is 5.34. The number of nitrogens with zero attached hydrogens (tertiary/aromatic N) is 5. The van der Waals surface area contributed by atoms with Crippen LogP contribution in [0.5, 0.6) is 0 Å². The summed E-state index contributed by atoms with van der Waals surface area (Å²) in [6.45, 7) is 1.69. The van der Waals surface area contributed by atoms with Gasteiger partial charge in [0.05, 0.1) is 24.3 Å². The molecule has 1 heterocycles. The minimum Gasteiger partial charge on any atom is -0.385 e. The van der Waals surface area contributed by atoms with Crippen molar-refractivity contribution in [3.8, 4) is 6.07 Å². The van der Waals surface area contributed by atoms with Crippen LogP contribution in [0.15, 0.2) is 24.3 Å². The molecule has 1 atom stereocenters. The van der Waals surface area contributed by atoms with Crippen LogP contribution in [0.3, 0.4) is 0 Å². The Morgan fingerprint density at radius 1 is 1.39 bits per heavy atom. The van der Waals surface area contributed by atoms with Crippen molar-refractivity contribution >= 4 is 0 Å². The molecular formula is C12H13N5O. The molecule has 0 saturated carbocycles. The topological polar surface area (TPSA) is 87.6 Å². The fourth-order valence-electron chi connectivity index (χ4n) is 1.71. The van der Waals surface area contributed by atoms with E-state index < -0.39 is 5.60 Å². The molecule has 1 unspecified atom stereocenters. The average Bonchev–Trinajstić information content (AvgIpc) is 2.74. The average molecular weight is 243 g/mol. The molecule has 0 fully saturated rings. The summed E-state index contributed by atoms with van der Waals surface area (Å²) in [6, 6.07) is 8.85. The smallest absolute Gasteiger partial charge is 0.178 e. The highest BCUT2D eigenvalue weighted by atomic mass is 16.3. The van der Waals surface area contributed by atoms with Crippen LogP contribution in [-0.4, -0.2) is 25.3 Å². The fraction of sp³-hybridized carbons (Fsp3) is 0.333. The Kier molecular flexibility index (Phi) is 3.08. The molecule has 0 radical (unpaired) electrons. The van der Waals surface area contributed by atoms with Gasteiger partial charge in [0.25, 0.3) is 0 Å². The molecule has 0 aliphatic heterocycles. The number of hydrogen-bond acceptors (Lipinski definition) is 5. The Balaban J connectivity index is 2.21. The molecule has 18 heavy (non-hydrogen) atoms. The minimum absolute atomic E-state index is 0.271. The third kappa shape index (κ3) is 2.52. The van der Waals surface area contributed by atoms with Crippen molar-refractivity contribution in [1.82, 2.24) is 20.2 Å². The summed E-state index contributed by atoms with van der Waals surface area (Å²) < 4.78 is 0. The largest absolute Gasteiger partial charge is 0.385 e. The van der Waals surface area contributed by atoms with E-state index in [0.29, 0.717) is 17.0 Å². The Hall–Kier alpha value is -2.26. The molecule has 0 spiro atoms. The maximum absolute atomic E-state index is 10.4. The van der Waals surface area contributed by atoms with Gasteiger partial charge in [-0.3, -0.25) is 0 Å². The van der Waals surface area contributed by atoms with E-state index in [0.717, 1.165) is 0 Å². The van der Waals surface area contributed by atoms with E-state index >= 15 is 0 Å². The van der Waals surface area contributed by atoms with Gasteiger partial charge in [0.1, 0.15) is 0 Å². The normalized spacial score (nSPS) is 13.9. The van der Waals surface area contributed by atoms with E-state index in [1.165, 1.54) is 4.80 Å². The zero-order chi connectivity index (χ0) is 13.2. The van der Waals surface area contributed by atoms with E-state index in [1.807, 2.05) is 6.07 Å². The van der Waals surface area contributed by atoms with Crippen molar-refractivity contribution in [2.75, 3.05) is 0 Å². The van der Waals surface area contributed by atoms with Crippen LogP contribution in [0.1, 0.15) is 23.9 Å². The number of aromatic nitrogens is 4. The molecule has 6 nitrogen and oxygen atoms in total. The highest BCUT2D eigenvalue weighted by Gasteiger charge is 2.25. The summed E-state index contributed by atoms with van der Waals surface area (Å²) in [5, 5.41) is 30.7. The van der Waals surface area contributed by atoms with Gasteiger partial charge in [-0.2, -0.15) is 10.1 Å². The van der Waals surface area contributed by atoms with Crippen LogP contribution in [-0.2, 0) is 19.1 Å². The second-order valence-electron chi connectivity index (χ2n) is 4.33. The van der Waals surface area contributed by atoms with Crippen molar-refractivity contribution in [1.29, 1.82) is 5.26 Å². The Bertz CT molecular complexity index is 579. The molecule has 1 aromatic carbocycles. The molecule has 0 aliphatic carbocycles. The van der Waals surface area contributed by atoms with Gasteiger partial charge in [0, 0.05) is 6.42 Å².